The second-order valence-electron chi connectivity index (χ2n) is 0.925. The van der Waals surface area contributed by atoms with Gasteiger partial charge in [-0.25, -0.2) is 0 Å². The molecule has 0 atom stereocenters. The van der Waals surface area contributed by atoms with Crippen LogP contribution in [0.3, 0.4) is 0 Å². The molecule has 76 valence electrons. The van der Waals surface area contributed by atoms with Crippen molar-refractivity contribution in [3.8, 4) is 0 Å². The van der Waals surface area contributed by atoms with Gasteiger partial charge in [-0.2, -0.15) is 0 Å². The van der Waals surface area contributed by atoms with Gasteiger partial charge in [0.05, 0.1) is 6.61 Å². The molecule has 11 heavy (non-hydrogen) atoms. The Hall–Kier alpha value is -0.730. The molecule has 0 fully saturated rings. The summed E-state index contributed by atoms with van der Waals surface area (Å²) in [5.74, 6) is -0.211. The molecule has 0 aliphatic heterocycles. The van der Waals surface area contributed by atoms with E-state index in [0.717, 1.165) is 0 Å². The van der Waals surface area contributed by atoms with E-state index in [1.54, 1.807) is 6.92 Å². The van der Waals surface area contributed by atoms with Crippen molar-refractivity contribution in [1.82, 2.24) is 6.15 Å². The normalized spacial score (nSPS) is 4.18. The van der Waals surface area contributed by atoms with Crippen LogP contribution in [0.25, 0.3) is 0 Å². The number of carbonyl (C=O) groups is 1. The molecule has 0 aromatic heterocycles. The quantitative estimate of drug-likeness (QED) is 0.431. The van der Waals surface area contributed by atoms with Crippen LogP contribution in [0.4, 0.5) is 0 Å². The zero-order valence-corrected chi connectivity index (χ0v) is 6.73. The van der Waals surface area contributed by atoms with Crippen LogP contribution >= 0.6 is 0 Å². The number of ether oxygens (including phenoxy) is 1. The largest absolute Gasteiger partial charge is 0.466 e. The third-order valence-electron chi connectivity index (χ3n) is 0.348. The molecular formula is C4H19NO6. The number of hydrogen-bond donors (Lipinski definition) is 1. The zero-order chi connectivity index (χ0) is 4.99. The molecular weight excluding hydrogens is 158 g/mol. The van der Waals surface area contributed by atoms with Crippen LogP contribution in [0.2, 0.25) is 0 Å². The summed E-state index contributed by atoms with van der Waals surface area (Å²) in [7, 11) is 0. The molecule has 0 bridgehead atoms. The Balaban J connectivity index is -0.0000000125. The first-order valence-electron chi connectivity index (χ1n) is 1.90. The van der Waals surface area contributed by atoms with Crippen LogP contribution in [0.1, 0.15) is 13.8 Å². The van der Waals surface area contributed by atoms with Crippen LogP contribution < -0.4 is 6.15 Å². The summed E-state index contributed by atoms with van der Waals surface area (Å²) < 4.78 is 4.40. The summed E-state index contributed by atoms with van der Waals surface area (Å²) in [6, 6.07) is 0. The highest BCUT2D eigenvalue weighted by Crippen LogP contribution is 1.69. The van der Waals surface area contributed by atoms with Crippen molar-refractivity contribution in [2.45, 2.75) is 13.8 Å². The molecule has 0 radical (unpaired) electrons. The van der Waals surface area contributed by atoms with Gasteiger partial charge in [-0.1, -0.05) is 0 Å². The average molecular weight is 177 g/mol. The number of esters is 1. The van der Waals surface area contributed by atoms with Gasteiger partial charge in [-0.05, 0) is 6.92 Å². The monoisotopic (exact) mass is 177 g/mol. The van der Waals surface area contributed by atoms with Crippen molar-refractivity contribution >= 4 is 5.97 Å². The highest BCUT2D eigenvalue weighted by atomic mass is 16.5. The fraction of sp³-hybridized carbons (Fsp3) is 0.750. The summed E-state index contributed by atoms with van der Waals surface area (Å²) in [5.41, 5.74) is 0. The maximum absolute atomic E-state index is 9.82. The van der Waals surface area contributed by atoms with E-state index in [1.807, 2.05) is 0 Å². The van der Waals surface area contributed by atoms with E-state index in [9.17, 15) is 4.79 Å². The second kappa shape index (κ2) is 34.8. The molecule has 0 aliphatic carbocycles. The highest BCUT2D eigenvalue weighted by Gasteiger charge is 1.81. The first-order chi connectivity index (χ1) is 2.77. The molecule has 7 nitrogen and oxygen atoms in total. The lowest BCUT2D eigenvalue weighted by Crippen LogP contribution is -1.95. The molecule has 11 N–H and O–H groups in total. The second-order valence-corrected chi connectivity index (χ2v) is 0.925. The Labute approximate surface area is 65.2 Å². The lowest BCUT2D eigenvalue weighted by Gasteiger charge is -1.89. The average Bonchev–Trinajstić information content (AvgIpc) is 1.35. The SMILES string of the molecule is CCOC(C)=O.N.O.O.O.O. The van der Waals surface area contributed by atoms with Crippen molar-refractivity contribution in [3.05, 3.63) is 0 Å². The lowest BCUT2D eigenvalue weighted by atomic mass is 10.8. The van der Waals surface area contributed by atoms with Gasteiger partial charge in [0.15, 0.2) is 0 Å². The molecule has 0 rings (SSSR count). The van der Waals surface area contributed by atoms with Gasteiger partial charge in [-0.3, -0.25) is 4.79 Å². The van der Waals surface area contributed by atoms with E-state index in [2.05, 4.69) is 4.74 Å². The molecule has 0 aromatic carbocycles. The molecule has 0 heterocycles. The minimum absolute atomic E-state index is 0. The van der Waals surface area contributed by atoms with Gasteiger partial charge in [0.1, 0.15) is 0 Å². The van der Waals surface area contributed by atoms with Gasteiger partial charge < -0.3 is 32.8 Å². The Kier molecular flexibility index (Phi) is 153. The molecule has 0 spiro atoms. The predicted molar refractivity (Wildman–Crippen MR) is 41.8 cm³/mol. The summed E-state index contributed by atoms with van der Waals surface area (Å²) in [4.78, 5) is 9.82. The Morgan fingerprint density at radius 2 is 1.45 bits per heavy atom. The molecule has 0 aliphatic rings. The summed E-state index contributed by atoms with van der Waals surface area (Å²) in [6.45, 7) is 3.65. The lowest BCUT2D eigenvalue weighted by molar-refractivity contribution is -0.140. The minimum atomic E-state index is -0.211. The number of carbonyl (C=O) groups excluding carboxylic acids is 1. The maximum Gasteiger partial charge on any atom is 0.302 e. The fourth-order valence-electron chi connectivity index (χ4n) is 0.203. The summed E-state index contributed by atoms with van der Waals surface area (Å²) in [6.07, 6.45) is 0. The van der Waals surface area contributed by atoms with Gasteiger partial charge in [0.2, 0.25) is 0 Å². The molecule has 0 saturated carbocycles. The first-order valence-corrected chi connectivity index (χ1v) is 1.90. The zero-order valence-electron chi connectivity index (χ0n) is 6.73. The first kappa shape index (κ1) is 48.4. The molecule has 0 saturated heterocycles. The van der Waals surface area contributed by atoms with E-state index in [0.29, 0.717) is 6.61 Å². The van der Waals surface area contributed by atoms with E-state index in [1.165, 1.54) is 6.92 Å². The van der Waals surface area contributed by atoms with Crippen LogP contribution in [-0.4, -0.2) is 34.5 Å². The van der Waals surface area contributed by atoms with Crippen LogP contribution in [0.5, 0.6) is 0 Å². The van der Waals surface area contributed by atoms with Crippen molar-refractivity contribution in [1.29, 1.82) is 0 Å². The van der Waals surface area contributed by atoms with Crippen LogP contribution in [-0.2, 0) is 9.53 Å². The Bertz CT molecular complexity index is 58.5. The third-order valence-corrected chi connectivity index (χ3v) is 0.348. The fourth-order valence-corrected chi connectivity index (χ4v) is 0.203. The molecule has 0 aromatic rings. The summed E-state index contributed by atoms with van der Waals surface area (Å²) >= 11 is 0. The van der Waals surface area contributed by atoms with E-state index in [-0.39, 0.29) is 34.0 Å². The van der Waals surface area contributed by atoms with Crippen LogP contribution in [0, 0.1) is 0 Å². The summed E-state index contributed by atoms with van der Waals surface area (Å²) in [5, 5.41) is 0. The van der Waals surface area contributed by atoms with Crippen molar-refractivity contribution < 1.29 is 31.4 Å². The van der Waals surface area contributed by atoms with Gasteiger partial charge in [0.25, 0.3) is 0 Å². The van der Waals surface area contributed by atoms with Crippen molar-refractivity contribution in [2.24, 2.45) is 0 Å². The van der Waals surface area contributed by atoms with Crippen molar-refractivity contribution in [3.63, 3.8) is 0 Å². The van der Waals surface area contributed by atoms with Crippen LogP contribution in [0.15, 0.2) is 0 Å². The van der Waals surface area contributed by atoms with Gasteiger partial charge in [0, 0.05) is 6.92 Å². The van der Waals surface area contributed by atoms with E-state index < -0.39 is 0 Å². The standard InChI is InChI=1S/C4H8O2.H3N.4H2O/c1-3-6-4(2)5;;;;;/h3H2,1-2H3;1H3;4*1H2. The maximum atomic E-state index is 9.82. The van der Waals surface area contributed by atoms with Crippen molar-refractivity contribution in [2.75, 3.05) is 6.61 Å². The predicted octanol–water partition coefficient (Wildman–Crippen LogP) is -2.57. The third kappa shape index (κ3) is 95.1. The van der Waals surface area contributed by atoms with Gasteiger partial charge >= 0.3 is 5.97 Å². The van der Waals surface area contributed by atoms with Gasteiger partial charge in [-0.15, -0.1) is 0 Å². The molecule has 7 heteroatoms. The van der Waals surface area contributed by atoms with E-state index >= 15 is 0 Å². The topological polar surface area (TPSA) is 187 Å². The van der Waals surface area contributed by atoms with E-state index in [4.69, 9.17) is 0 Å². The smallest absolute Gasteiger partial charge is 0.302 e. The minimum Gasteiger partial charge on any atom is -0.466 e. The number of rotatable bonds is 1. The Morgan fingerprint density at radius 1 is 1.18 bits per heavy atom. The molecule has 0 amide bonds. The number of hydrogen-bond acceptors (Lipinski definition) is 3. The molecule has 0 unspecified atom stereocenters. The highest BCUT2D eigenvalue weighted by molar-refractivity contribution is 5.65. The Morgan fingerprint density at radius 3 is 1.45 bits per heavy atom.